The summed E-state index contributed by atoms with van der Waals surface area (Å²) in [6.45, 7) is 2.15. The molecule has 1 saturated carbocycles. The van der Waals surface area contributed by atoms with Crippen LogP contribution >= 0.6 is 0 Å². The lowest BCUT2D eigenvalue weighted by Crippen LogP contribution is -2.42. The first kappa shape index (κ1) is 19.7. The molecule has 4 rings (SSSR count). The number of nitrogens with one attached hydrogen (secondary N) is 1. The molecular weight excluding hydrogens is 392 g/mol. The first-order chi connectivity index (χ1) is 13.7. The van der Waals surface area contributed by atoms with Crippen molar-refractivity contribution in [2.75, 3.05) is 18.4 Å². The van der Waals surface area contributed by atoms with Crippen molar-refractivity contribution in [3.8, 4) is 11.5 Å². The highest BCUT2D eigenvalue weighted by molar-refractivity contribution is 5.84. The van der Waals surface area contributed by atoms with Gasteiger partial charge in [0.15, 0.2) is 0 Å². The molecule has 6 nitrogen and oxygen atoms in total. The third kappa shape index (κ3) is 3.56. The molecular formula is C19H20F4N4O2. The van der Waals surface area contributed by atoms with Gasteiger partial charge in [-0.1, -0.05) is 24.2 Å². The van der Waals surface area contributed by atoms with E-state index < -0.39 is 23.8 Å². The van der Waals surface area contributed by atoms with Crippen LogP contribution in [0.25, 0.3) is 11.5 Å². The molecule has 156 valence electrons. The van der Waals surface area contributed by atoms with Crippen LogP contribution in [-0.4, -0.2) is 46.1 Å². The lowest BCUT2D eigenvalue weighted by atomic mass is 10.1. The molecule has 2 heterocycles. The fourth-order valence-electron chi connectivity index (χ4n) is 3.76. The molecule has 2 aromatic rings. The lowest BCUT2D eigenvalue weighted by molar-refractivity contribution is -0.131. The summed E-state index contributed by atoms with van der Waals surface area (Å²) in [4.78, 5) is 14.2. The van der Waals surface area contributed by atoms with E-state index in [0.717, 1.165) is 0 Å². The number of carbonyl (C=O) groups excluding carboxylic acids is 1. The van der Waals surface area contributed by atoms with Crippen molar-refractivity contribution in [3.05, 3.63) is 29.8 Å². The van der Waals surface area contributed by atoms with Crippen molar-refractivity contribution in [2.45, 2.75) is 44.6 Å². The summed E-state index contributed by atoms with van der Waals surface area (Å²) in [6, 6.07) is 4.75. The van der Waals surface area contributed by atoms with Gasteiger partial charge in [-0.2, -0.15) is 0 Å². The number of nitrogens with zero attached hydrogens (tertiary/aromatic N) is 3. The number of likely N-dealkylation sites (tertiary alicyclic amines) is 1. The molecule has 1 saturated heterocycles. The number of aromatic nitrogens is 2. The van der Waals surface area contributed by atoms with Crippen molar-refractivity contribution < 1.29 is 26.8 Å². The van der Waals surface area contributed by atoms with Crippen molar-refractivity contribution in [1.82, 2.24) is 15.1 Å². The van der Waals surface area contributed by atoms with Crippen LogP contribution < -0.4 is 5.32 Å². The van der Waals surface area contributed by atoms with E-state index in [1.54, 1.807) is 6.92 Å². The zero-order chi connectivity index (χ0) is 20.8. The normalized spacial score (nSPS) is 23.6. The van der Waals surface area contributed by atoms with Gasteiger partial charge in [-0.3, -0.25) is 4.79 Å². The summed E-state index contributed by atoms with van der Waals surface area (Å²) in [6.07, 6.45) is -2.02. The molecule has 2 atom stereocenters. The van der Waals surface area contributed by atoms with Crippen LogP contribution in [-0.2, 0) is 4.79 Å². The second-order valence-corrected chi connectivity index (χ2v) is 7.61. The Kier molecular flexibility index (Phi) is 4.74. The van der Waals surface area contributed by atoms with E-state index in [2.05, 4.69) is 15.5 Å². The topological polar surface area (TPSA) is 71.3 Å². The molecule has 2 fully saturated rings. The average molecular weight is 412 g/mol. The molecule has 0 radical (unpaired) electrons. The van der Waals surface area contributed by atoms with E-state index in [9.17, 15) is 22.4 Å². The molecule has 1 N–H and O–H groups in total. The fraction of sp³-hybridized carbons (Fsp3) is 0.526. The number of benzene rings is 1. The predicted octanol–water partition coefficient (Wildman–Crippen LogP) is 4.12. The Hall–Kier alpha value is -2.65. The summed E-state index contributed by atoms with van der Waals surface area (Å²) >= 11 is 0. The summed E-state index contributed by atoms with van der Waals surface area (Å²) in [5, 5.41) is 10.6. The van der Waals surface area contributed by atoms with Crippen LogP contribution in [0.5, 0.6) is 0 Å². The SMILES string of the molecule is CC[C@@H](Nc1nnc(-c2ccc(C(F)F)cc2)o1)C(=O)N1CC[C@]2(C1)CC2(F)F. The summed E-state index contributed by atoms with van der Waals surface area (Å²) in [7, 11) is 0. The van der Waals surface area contributed by atoms with E-state index in [1.807, 2.05) is 0 Å². The molecule has 1 aliphatic heterocycles. The van der Waals surface area contributed by atoms with Crippen molar-refractivity contribution in [2.24, 2.45) is 5.41 Å². The van der Waals surface area contributed by atoms with E-state index in [0.29, 0.717) is 24.9 Å². The number of anilines is 1. The van der Waals surface area contributed by atoms with Gasteiger partial charge >= 0.3 is 6.01 Å². The number of hydrogen-bond acceptors (Lipinski definition) is 5. The van der Waals surface area contributed by atoms with Crippen LogP contribution in [0.4, 0.5) is 23.6 Å². The highest BCUT2D eigenvalue weighted by Gasteiger charge is 2.73. The largest absolute Gasteiger partial charge is 0.403 e. The first-order valence-corrected chi connectivity index (χ1v) is 9.40. The Morgan fingerprint density at radius 1 is 1.28 bits per heavy atom. The Balaban J connectivity index is 1.41. The molecule has 1 aromatic carbocycles. The van der Waals surface area contributed by atoms with Crippen LogP contribution in [0, 0.1) is 5.41 Å². The number of halogens is 4. The highest BCUT2D eigenvalue weighted by atomic mass is 19.3. The van der Waals surface area contributed by atoms with Gasteiger partial charge in [-0.25, -0.2) is 17.6 Å². The third-order valence-corrected chi connectivity index (χ3v) is 5.72. The number of carbonyl (C=O) groups is 1. The number of amides is 1. The maximum absolute atomic E-state index is 13.6. The van der Waals surface area contributed by atoms with Crippen molar-refractivity contribution in [1.29, 1.82) is 0 Å². The van der Waals surface area contributed by atoms with Crippen LogP contribution in [0.3, 0.4) is 0 Å². The zero-order valence-electron chi connectivity index (χ0n) is 15.7. The minimum absolute atomic E-state index is 0.00352. The highest BCUT2D eigenvalue weighted by Crippen LogP contribution is 2.65. The van der Waals surface area contributed by atoms with Gasteiger partial charge in [-0.15, -0.1) is 5.10 Å². The van der Waals surface area contributed by atoms with Crippen LogP contribution in [0.1, 0.15) is 38.2 Å². The molecule has 0 unspecified atom stereocenters. The van der Waals surface area contributed by atoms with Gasteiger partial charge in [0.1, 0.15) is 6.04 Å². The van der Waals surface area contributed by atoms with E-state index in [4.69, 9.17) is 4.42 Å². The van der Waals surface area contributed by atoms with Crippen molar-refractivity contribution >= 4 is 11.9 Å². The average Bonchev–Trinajstić information content (AvgIpc) is 3.10. The van der Waals surface area contributed by atoms with Crippen LogP contribution in [0.2, 0.25) is 0 Å². The van der Waals surface area contributed by atoms with E-state index in [1.165, 1.54) is 29.2 Å². The van der Waals surface area contributed by atoms with E-state index >= 15 is 0 Å². The Morgan fingerprint density at radius 3 is 2.52 bits per heavy atom. The van der Waals surface area contributed by atoms with Gasteiger partial charge in [0.05, 0.1) is 5.41 Å². The smallest absolute Gasteiger partial charge is 0.316 e. The maximum atomic E-state index is 13.6. The first-order valence-electron chi connectivity index (χ1n) is 9.40. The molecule has 1 aliphatic carbocycles. The predicted molar refractivity (Wildman–Crippen MR) is 95.6 cm³/mol. The molecule has 0 bridgehead atoms. The van der Waals surface area contributed by atoms with Crippen molar-refractivity contribution in [3.63, 3.8) is 0 Å². The second kappa shape index (κ2) is 7.00. The quantitative estimate of drug-likeness (QED) is 0.723. The number of hydrogen-bond donors (Lipinski definition) is 1. The Morgan fingerprint density at radius 2 is 1.97 bits per heavy atom. The summed E-state index contributed by atoms with van der Waals surface area (Å²) in [5.74, 6) is -2.85. The van der Waals surface area contributed by atoms with Crippen LogP contribution in [0.15, 0.2) is 28.7 Å². The van der Waals surface area contributed by atoms with Gasteiger partial charge in [0, 0.05) is 30.6 Å². The Bertz CT molecular complexity index is 902. The third-order valence-electron chi connectivity index (χ3n) is 5.72. The molecule has 1 aromatic heterocycles. The minimum Gasteiger partial charge on any atom is -0.403 e. The second-order valence-electron chi connectivity index (χ2n) is 7.61. The molecule has 10 heteroatoms. The van der Waals surface area contributed by atoms with Gasteiger partial charge in [0.25, 0.3) is 12.3 Å². The number of rotatable bonds is 6. The number of alkyl halides is 4. The zero-order valence-corrected chi connectivity index (χ0v) is 15.7. The molecule has 29 heavy (non-hydrogen) atoms. The molecule has 2 aliphatic rings. The summed E-state index contributed by atoms with van der Waals surface area (Å²) < 4.78 is 57.9. The Labute approximate surface area is 164 Å². The van der Waals surface area contributed by atoms with E-state index in [-0.39, 0.29) is 36.3 Å². The summed E-state index contributed by atoms with van der Waals surface area (Å²) in [5.41, 5.74) is -0.706. The minimum atomic E-state index is -2.68. The van der Waals surface area contributed by atoms with Gasteiger partial charge in [0.2, 0.25) is 11.8 Å². The standard InChI is InChI=1S/C19H20F4N4O2/c1-2-13(16(28)27-8-7-18(10-27)9-19(18,22)23)24-17-26-25-15(29-17)12-5-3-11(4-6-12)14(20)21/h3-6,13-14H,2,7-10H2,1H3,(H,24,26)/t13-,18-/m1/s1. The monoisotopic (exact) mass is 412 g/mol. The lowest BCUT2D eigenvalue weighted by Gasteiger charge is -2.22. The maximum Gasteiger partial charge on any atom is 0.316 e. The van der Waals surface area contributed by atoms with Gasteiger partial charge < -0.3 is 14.6 Å². The fourth-order valence-corrected chi connectivity index (χ4v) is 3.76. The molecule has 1 amide bonds. The molecule has 1 spiro atoms. The van der Waals surface area contributed by atoms with Gasteiger partial charge in [-0.05, 0) is 25.0 Å².